The average molecular weight is 268 g/mol. The second kappa shape index (κ2) is 5.00. The number of fused-ring (bicyclic) bond motifs is 1. The van der Waals surface area contributed by atoms with E-state index >= 15 is 0 Å². The minimum absolute atomic E-state index is 0.138. The topological polar surface area (TPSA) is 73.0 Å². The number of hydrogen-bond acceptors (Lipinski definition) is 4. The van der Waals surface area contributed by atoms with Gasteiger partial charge < -0.3 is 10.1 Å². The van der Waals surface area contributed by atoms with Crippen LogP contribution < -0.4 is 5.43 Å². The van der Waals surface area contributed by atoms with E-state index in [0.29, 0.717) is 17.4 Å². The SMILES string of the molecule is O=[N+]([O-])c1nn(NCc2ccccc2)c2ccccc12. The van der Waals surface area contributed by atoms with Gasteiger partial charge in [-0.25, -0.2) is 0 Å². The fraction of sp³-hybridized carbons (Fsp3) is 0.0714. The number of rotatable bonds is 4. The van der Waals surface area contributed by atoms with Crippen molar-refractivity contribution in [3.8, 4) is 0 Å². The second-order valence-corrected chi connectivity index (χ2v) is 4.33. The maximum atomic E-state index is 11.0. The molecule has 1 heterocycles. The van der Waals surface area contributed by atoms with Gasteiger partial charge in [-0.05, 0) is 22.6 Å². The zero-order valence-corrected chi connectivity index (χ0v) is 10.6. The van der Waals surface area contributed by atoms with Gasteiger partial charge in [0.25, 0.3) is 0 Å². The van der Waals surface area contributed by atoms with Crippen LogP contribution in [0.2, 0.25) is 0 Å². The van der Waals surface area contributed by atoms with Crippen molar-refractivity contribution in [2.24, 2.45) is 0 Å². The molecule has 0 aliphatic carbocycles. The molecule has 3 aromatic rings. The highest BCUT2D eigenvalue weighted by molar-refractivity contribution is 5.87. The first-order valence-electron chi connectivity index (χ1n) is 6.15. The molecule has 6 heteroatoms. The number of para-hydroxylation sites is 1. The van der Waals surface area contributed by atoms with E-state index in [4.69, 9.17) is 0 Å². The minimum atomic E-state index is -0.469. The van der Waals surface area contributed by atoms with Crippen molar-refractivity contribution in [3.05, 3.63) is 70.3 Å². The fourth-order valence-electron chi connectivity index (χ4n) is 2.07. The number of hydrogen-bond donors (Lipinski definition) is 1. The summed E-state index contributed by atoms with van der Waals surface area (Å²) in [5.74, 6) is -0.138. The predicted molar refractivity (Wildman–Crippen MR) is 75.9 cm³/mol. The molecular weight excluding hydrogens is 256 g/mol. The molecule has 0 saturated heterocycles. The van der Waals surface area contributed by atoms with Gasteiger partial charge in [0, 0.05) is 0 Å². The lowest BCUT2D eigenvalue weighted by molar-refractivity contribution is -0.388. The van der Waals surface area contributed by atoms with Gasteiger partial charge in [-0.15, -0.1) is 0 Å². The standard InChI is InChI=1S/C14H12N4O2/c19-18(20)14-12-8-4-5-9-13(12)17(16-14)15-10-11-6-2-1-3-7-11/h1-9,15H,10H2. The van der Waals surface area contributed by atoms with E-state index in [1.54, 1.807) is 18.2 Å². The molecule has 0 fully saturated rings. The molecule has 1 aromatic heterocycles. The van der Waals surface area contributed by atoms with Gasteiger partial charge in [-0.2, -0.15) is 0 Å². The van der Waals surface area contributed by atoms with Gasteiger partial charge in [0.1, 0.15) is 10.9 Å². The largest absolute Gasteiger partial charge is 0.400 e. The van der Waals surface area contributed by atoms with Gasteiger partial charge in [-0.1, -0.05) is 47.3 Å². The predicted octanol–water partition coefficient (Wildman–Crippen LogP) is 2.69. The van der Waals surface area contributed by atoms with Crippen LogP contribution in [0.5, 0.6) is 0 Å². The van der Waals surface area contributed by atoms with Crippen LogP contribution in [0.4, 0.5) is 5.82 Å². The summed E-state index contributed by atoms with van der Waals surface area (Å²) in [6, 6.07) is 16.9. The van der Waals surface area contributed by atoms with E-state index in [1.165, 1.54) is 4.79 Å². The number of benzene rings is 2. The molecule has 0 unspecified atom stereocenters. The number of aromatic nitrogens is 2. The molecule has 0 atom stereocenters. The Morgan fingerprint density at radius 1 is 1.10 bits per heavy atom. The van der Waals surface area contributed by atoms with Gasteiger partial charge in [0.05, 0.1) is 11.6 Å². The molecule has 0 bridgehead atoms. The van der Waals surface area contributed by atoms with Gasteiger partial charge in [-0.3, -0.25) is 5.43 Å². The summed E-state index contributed by atoms with van der Waals surface area (Å²) >= 11 is 0. The fourth-order valence-corrected chi connectivity index (χ4v) is 2.07. The van der Waals surface area contributed by atoms with Crippen LogP contribution in [0.25, 0.3) is 10.9 Å². The van der Waals surface area contributed by atoms with Crippen LogP contribution in [-0.2, 0) is 6.54 Å². The van der Waals surface area contributed by atoms with Crippen LogP contribution in [0, 0.1) is 10.1 Å². The van der Waals surface area contributed by atoms with Gasteiger partial charge >= 0.3 is 5.82 Å². The van der Waals surface area contributed by atoms with E-state index < -0.39 is 4.92 Å². The van der Waals surface area contributed by atoms with Crippen molar-refractivity contribution in [3.63, 3.8) is 0 Å². The monoisotopic (exact) mass is 268 g/mol. The first kappa shape index (κ1) is 12.2. The highest BCUT2D eigenvalue weighted by atomic mass is 16.6. The normalized spacial score (nSPS) is 10.6. The maximum Gasteiger partial charge on any atom is 0.400 e. The molecule has 3 rings (SSSR count). The summed E-state index contributed by atoms with van der Waals surface area (Å²) in [7, 11) is 0. The van der Waals surface area contributed by atoms with Crippen molar-refractivity contribution in [1.82, 2.24) is 9.89 Å². The molecule has 20 heavy (non-hydrogen) atoms. The molecule has 0 spiro atoms. The Labute approximate surface area is 114 Å². The summed E-state index contributed by atoms with van der Waals surface area (Å²) in [5, 5.41) is 15.5. The first-order valence-corrected chi connectivity index (χ1v) is 6.15. The van der Waals surface area contributed by atoms with Gasteiger partial charge in [0.15, 0.2) is 0 Å². The van der Waals surface area contributed by atoms with Crippen molar-refractivity contribution < 1.29 is 4.92 Å². The van der Waals surface area contributed by atoms with Crippen molar-refractivity contribution in [1.29, 1.82) is 0 Å². The lowest BCUT2D eigenvalue weighted by Crippen LogP contribution is -2.15. The quantitative estimate of drug-likeness (QED) is 0.583. The van der Waals surface area contributed by atoms with Crippen LogP contribution in [-0.4, -0.2) is 14.8 Å². The van der Waals surface area contributed by atoms with E-state index in [2.05, 4.69) is 10.5 Å². The summed E-state index contributed by atoms with van der Waals surface area (Å²) in [6.45, 7) is 0.545. The molecule has 0 aliphatic heterocycles. The van der Waals surface area contributed by atoms with Crippen LogP contribution in [0.1, 0.15) is 5.56 Å². The van der Waals surface area contributed by atoms with E-state index in [-0.39, 0.29) is 5.82 Å². The molecule has 0 aliphatic rings. The minimum Gasteiger partial charge on any atom is -0.358 e. The lowest BCUT2D eigenvalue weighted by atomic mass is 10.2. The Balaban J connectivity index is 1.94. The smallest absolute Gasteiger partial charge is 0.358 e. The highest BCUT2D eigenvalue weighted by Crippen LogP contribution is 2.23. The molecule has 2 aromatic carbocycles. The maximum absolute atomic E-state index is 11.0. The Morgan fingerprint density at radius 2 is 1.80 bits per heavy atom. The Bertz CT molecular complexity index is 752. The molecule has 1 N–H and O–H groups in total. The molecule has 6 nitrogen and oxygen atoms in total. The Morgan fingerprint density at radius 3 is 2.55 bits per heavy atom. The van der Waals surface area contributed by atoms with Crippen molar-refractivity contribution >= 4 is 16.7 Å². The molecular formula is C14H12N4O2. The summed E-state index contributed by atoms with van der Waals surface area (Å²) in [5.41, 5.74) is 4.85. The van der Waals surface area contributed by atoms with Crippen LogP contribution in [0.15, 0.2) is 54.6 Å². The van der Waals surface area contributed by atoms with Crippen LogP contribution >= 0.6 is 0 Å². The number of nitrogens with zero attached hydrogens (tertiary/aromatic N) is 3. The third kappa shape index (κ3) is 2.18. The van der Waals surface area contributed by atoms with Crippen molar-refractivity contribution in [2.75, 3.05) is 5.43 Å². The second-order valence-electron chi connectivity index (χ2n) is 4.33. The number of nitrogens with one attached hydrogen (secondary N) is 1. The highest BCUT2D eigenvalue weighted by Gasteiger charge is 2.20. The van der Waals surface area contributed by atoms with E-state index in [9.17, 15) is 10.1 Å². The zero-order chi connectivity index (χ0) is 13.9. The van der Waals surface area contributed by atoms with Crippen molar-refractivity contribution in [2.45, 2.75) is 6.54 Å². The summed E-state index contributed by atoms with van der Waals surface area (Å²) in [6.07, 6.45) is 0. The Hall–Kier alpha value is -2.89. The lowest BCUT2D eigenvalue weighted by Gasteiger charge is -2.03. The average Bonchev–Trinajstić information content (AvgIpc) is 2.85. The molecule has 0 saturated carbocycles. The molecule has 0 radical (unpaired) electrons. The molecule has 100 valence electrons. The number of nitro groups is 1. The first-order chi connectivity index (χ1) is 9.75. The summed E-state index contributed by atoms with van der Waals surface area (Å²) < 4.78 is 0. The van der Waals surface area contributed by atoms with Gasteiger partial charge in [0.2, 0.25) is 0 Å². The van der Waals surface area contributed by atoms with Crippen LogP contribution in [0.3, 0.4) is 0 Å². The van der Waals surface area contributed by atoms with E-state index in [1.807, 2.05) is 36.4 Å². The Kier molecular flexibility index (Phi) is 3.04. The molecule has 0 amide bonds. The van der Waals surface area contributed by atoms with E-state index in [0.717, 1.165) is 5.56 Å². The summed E-state index contributed by atoms with van der Waals surface area (Å²) in [4.78, 5) is 12.0. The zero-order valence-electron chi connectivity index (χ0n) is 10.6. The third-order valence-corrected chi connectivity index (χ3v) is 3.02. The third-order valence-electron chi connectivity index (χ3n) is 3.02.